The van der Waals surface area contributed by atoms with Gasteiger partial charge >= 0.3 is 5.97 Å². The Morgan fingerprint density at radius 3 is 2.57 bits per heavy atom. The smallest absolute Gasteiger partial charge is 0.308 e. The lowest BCUT2D eigenvalue weighted by Gasteiger charge is -2.24. The third kappa shape index (κ3) is 6.04. The number of aromatic nitrogens is 1. The highest BCUT2D eigenvalue weighted by Gasteiger charge is 2.19. The third-order valence-electron chi connectivity index (χ3n) is 3.57. The van der Waals surface area contributed by atoms with Gasteiger partial charge in [0.25, 0.3) is 0 Å². The van der Waals surface area contributed by atoms with Gasteiger partial charge in [0, 0.05) is 18.5 Å². The Labute approximate surface area is 132 Å². The summed E-state index contributed by atoms with van der Waals surface area (Å²) >= 11 is 1.63. The Bertz CT molecular complexity index is 432. The first-order valence-electron chi connectivity index (χ1n) is 7.88. The average molecular weight is 312 g/mol. The Hall–Kier alpha value is -1.10. The molecule has 0 amide bonds. The van der Waals surface area contributed by atoms with E-state index in [2.05, 4.69) is 36.0 Å². The summed E-state index contributed by atoms with van der Waals surface area (Å²) in [5.41, 5.74) is 1.09. The number of hydrogen-bond acceptors (Lipinski definition) is 4. The second-order valence-corrected chi connectivity index (χ2v) is 6.79. The molecule has 0 aliphatic rings. The molecule has 0 aliphatic carbocycles. The van der Waals surface area contributed by atoms with Crippen LogP contribution < -0.4 is 4.90 Å². The van der Waals surface area contributed by atoms with Crippen LogP contribution in [0.5, 0.6) is 0 Å². The summed E-state index contributed by atoms with van der Waals surface area (Å²) < 4.78 is 0. The topological polar surface area (TPSA) is 53.4 Å². The van der Waals surface area contributed by atoms with Gasteiger partial charge < -0.3 is 10.0 Å². The maximum Gasteiger partial charge on any atom is 0.308 e. The maximum absolute atomic E-state index is 11.1. The van der Waals surface area contributed by atoms with Crippen LogP contribution in [0, 0.1) is 5.92 Å². The van der Waals surface area contributed by atoms with Crippen molar-refractivity contribution in [3.8, 4) is 0 Å². The number of rotatable bonds is 10. The fourth-order valence-electron chi connectivity index (χ4n) is 2.09. The van der Waals surface area contributed by atoms with Crippen molar-refractivity contribution in [3.05, 3.63) is 11.1 Å². The van der Waals surface area contributed by atoms with Crippen LogP contribution in [-0.2, 0) is 4.79 Å². The normalized spacial score (nSPS) is 12.6. The highest BCUT2D eigenvalue weighted by molar-refractivity contribution is 7.13. The molecule has 1 heterocycles. The molecule has 0 radical (unpaired) electrons. The van der Waals surface area contributed by atoms with Crippen molar-refractivity contribution in [1.82, 2.24) is 4.98 Å². The lowest BCUT2D eigenvalue weighted by atomic mass is 10.1. The van der Waals surface area contributed by atoms with E-state index in [1.807, 2.05) is 0 Å². The molecule has 4 nitrogen and oxygen atoms in total. The van der Waals surface area contributed by atoms with Crippen LogP contribution in [-0.4, -0.2) is 29.1 Å². The molecule has 1 rings (SSSR count). The second-order valence-electron chi connectivity index (χ2n) is 5.96. The van der Waals surface area contributed by atoms with E-state index >= 15 is 0 Å². The van der Waals surface area contributed by atoms with Crippen LogP contribution in [0.2, 0.25) is 0 Å². The van der Waals surface area contributed by atoms with Crippen molar-refractivity contribution in [3.63, 3.8) is 0 Å². The van der Waals surface area contributed by atoms with Gasteiger partial charge in [0.05, 0.1) is 11.6 Å². The van der Waals surface area contributed by atoms with Gasteiger partial charge in [-0.05, 0) is 12.3 Å². The lowest BCUT2D eigenvalue weighted by Crippen LogP contribution is -2.32. The number of hydrogen-bond donors (Lipinski definition) is 1. The Balaban J connectivity index is 2.71. The summed E-state index contributed by atoms with van der Waals surface area (Å²) in [6.45, 7) is 9.64. The van der Waals surface area contributed by atoms with E-state index in [9.17, 15) is 4.79 Å². The van der Waals surface area contributed by atoms with Crippen LogP contribution in [0.25, 0.3) is 0 Å². The number of anilines is 1. The number of unbranched alkanes of at least 4 members (excludes halogenated alkanes) is 3. The summed E-state index contributed by atoms with van der Waals surface area (Å²) in [5.74, 6) is -0.703. The van der Waals surface area contributed by atoms with Gasteiger partial charge in [-0.15, -0.1) is 11.3 Å². The molecular weight excluding hydrogens is 284 g/mol. The predicted octanol–water partition coefficient (Wildman–Crippen LogP) is 4.37. The summed E-state index contributed by atoms with van der Waals surface area (Å²) in [5, 5.41) is 12.2. The van der Waals surface area contributed by atoms with Gasteiger partial charge in [0.2, 0.25) is 0 Å². The van der Waals surface area contributed by atoms with E-state index in [0.29, 0.717) is 12.5 Å². The number of aliphatic carboxylic acids is 1. The van der Waals surface area contributed by atoms with E-state index in [0.717, 1.165) is 23.8 Å². The van der Waals surface area contributed by atoms with Crippen molar-refractivity contribution in [2.45, 2.75) is 59.3 Å². The van der Waals surface area contributed by atoms with Crippen molar-refractivity contribution >= 4 is 22.4 Å². The zero-order valence-corrected chi connectivity index (χ0v) is 14.4. The number of carbonyl (C=O) groups is 1. The molecule has 0 spiro atoms. The van der Waals surface area contributed by atoms with Crippen LogP contribution in [0.15, 0.2) is 5.38 Å². The van der Waals surface area contributed by atoms with Crippen LogP contribution in [0.1, 0.15) is 65.0 Å². The molecule has 120 valence electrons. The van der Waals surface area contributed by atoms with E-state index in [4.69, 9.17) is 5.11 Å². The van der Waals surface area contributed by atoms with Crippen molar-refractivity contribution < 1.29 is 9.90 Å². The maximum atomic E-state index is 11.1. The van der Waals surface area contributed by atoms with Gasteiger partial charge in [-0.1, -0.05) is 47.0 Å². The molecule has 1 unspecified atom stereocenters. The first-order valence-corrected chi connectivity index (χ1v) is 8.76. The zero-order valence-electron chi connectivity index (χ0n) is 13.6. The Kier molecular flexibility index (Phi) is 7.72. The molecule has 1 aromatic rings. The summed E-state index contributed by atoms with van der Waals surface area (Å²) in [4.78, 5) is 17.9. The average Bonchev–Trinajstić information content (AvgIpc) is 2.91. The molecule has 0 saturated heterocycles. The standard InChI is InChI=1S/C16H28N2O2S/c1-5-6-7-8-9-18(10-13(4)15(19)20)16-17-14(11-21-16)12(2)3/h11-13H,5-10H2,1-4H3,(H,19,20). The molecule has 21 heavy (non-hydrogen) atoms. The highest BCUT2D eigenvalue weighted by atomic mass is 32.1. The number of nitrogens with zero attached hydrogens (tertiary/aromatic N) is 2. The predicted molar refractivity (Wildman–Crippen MR) is 89.4 cm³/mol. The monoisotopic (exact) mass is 312 g/mol. The summed E-state index contributed by atoms with van der Waals surface area (Å²) in [6, 6.07) is 0. The highest BCUT2D eigenvalue weighted by Crippen LogP contribution is 2.26. The summed E-state index contributed by atoms with van der Waals surface area (Å²) in [6.07, 6.45) is 4.73. The van der Waals surface area contributed by atoms with Crippen molar-refractivity contribution in [2.24, 2.45) is 5.92 Å². The zero-order chi connectivity index (χ0) is 15.8. The fraction of sp³-hybridized carbons (Fsp3) is 0.750. The van der Waals surface area contributed by atoms with Gasteiger partial charge in [0.1, 0.15) is 0 Å². The first-order chi connectivity index (χ1) is 9.95. The van der Waals surface area contributed by atoms with Crippen LogP contribution in [0.3, 0.4) is 0 Å². The van der Waals surface area contributed by atoms with Crippen LogP contribution in [0.4, 0.5) is 5.13 Å². The third-order valence-corrected chi connectivity index (χ3v) is 4.49. The van der Waals surface area contributed by atoms with Gasteiger partial charge in [-0.25, -0.2) is 4.98 Å². The Morgan fingerprint density at radius 2 is 2.05 bits per heavy atom. The van der Waals surface area contributed by atoms with E-state index < -0.39 is 5.97 Å². The largest absolute Gasteiger partial charge is 0.481 e. The van der Waals surface area contributed by atoms with E-state index in [-0.39, 0.29) is 5.92 Å². The van der Waals surface area contributed by atoms with Gasteiger partial charge in [-0.2, -0.15) is 0 Å². The quantitative estimate of drug-likeness (QED) is 0.652. The minimum absolute atomic E-state index is 0.373. The molecule has 5 heteroatoms. The molecule has 0 fully saturated rings. The van der Waals surface area contributed by atoms with Crippen LogP contribution >= 0.6 is 11.3 Å². The van der Waals surface area contributed by atoms with E-state index in [1.165, 1.54) is 19.3 Å². The first kappa shape index (κ1) is 18.0. The second kappa shape index (κ2) is 9.03. The molecule has 0 bridgehead atoms. The van der Waals surface area contributed by atoms with Gasteiger partial charge in [0.15, 0.2) is 5.13 Å². The number of thiazole rings is 1. The molecular formula is C16H28N2O2S. The Morgan fingerprint density at radius 1 is 1.33 bits per heavy atom. The molecule has 0 aliphatic heterocycles. The minimum atomic E-state index is -0.741. The lowest BCUT2D eigenvalue weighted by molar-refractivity contribution is -0.140. The molecule has 1 N–H and O–H groups in total. The minimum Gasteiger partial charge on any atom is -0.481 e. The van der Waals surface area contributed by atoms with Crippen molar-refractivity contribution in [1.29, 1.82) is 0 Å². The SMILES string of the molecule is CCCCCCN(CC(C)C(=O)O)c1nc(C(C)C)cs1. The molecule has 1 atom stereocenters. The number of carboxylic acids is 1. The van der Waals surface area contributed by atoms with Gasteiger partial charge in [-0.3, -0.25) is 4.79 Å². The van der Waals surface area contributed by atoms with E-state index in [1.54, 1.807) is 18.3 Å². The fourth-order valence-corrected chi connectivity index (χ4v) is 3.11. The molecule has 0 saturated carbocycles. The molecule has 0 aromatic carbocycles. The molecule has 1 aromatic heterocycles. The van der Waals surface area contributed by atoms with Crippen molar-refractivity contribution in [2.75, 3.05) is 18.0 Å². The summed E-state index contributed by atoms with van der Waals surface area (Å²) in [7, 11) is 0. The number of carboxylic acid groups (broad SMARTS) is 1.